The number of carbonyl (C=O) groups excluding carboxylic acids is 1. The molecule has 1 N–H and O–H groups in total. The van der Waals surface area contributed by atoms with Crippen molar-refractivity contribution in [2.75, 3.05) is 19.7 Å². The lowest BCUT2D eigenvalue weighted by Gasteiger charge is -2.24. The van der Waals surface area contributed by atoms with Crippen LogP contribution in [0, 0.1) is 5.92 Å². The van der Waals surface area contributed by atoms with Crippen molar-refractivity contribution in [3.63, 3.8) is 0 Å². The summed E-state index contributed by atoms with van der Waals surface area (Å²) < 4.78 is 5.50. The van der Waals surface area contributed by atoms with Crippen LogP contribution in [-0.4, -0.2) is 47.8 Å². The minimum atomic E-state index is -0.250. The molecule has 0 aromatic heterocycles. The third-order valence-corrected chi connectivity index (χ3v) is 3.68. The van der Waals surface area contributed by atoms with Crippen molar-refractivity contribution in [3.05, 3.63) is 11.6 Å². The molecule has 0 saturated carbocycles. The molecule has 2 heterocycles. The highest BCUT2D eigenvalue weighted by Gasteiger charge is 2.45. The quantitative estimate of drug-likeness (QED) is 0.588. The monoisotopic (exact) mass is 239 g/mol. The van der Waals surface area contributed by atoms with Gasteiger partial charge in [0.2, 0.25) is 0 Å². The average molecular weight is 239 g/mol. The van der Waals surface area contributed by atoms with Gasteiger partial charge in [-0.25, -0.2) is 4.79 Å². The molecular weight excluding hydrogens is 218 g/mol. The Balaban J connectivity index is 1.97. The molecule has 4 heteroatoms. The van der Waals surface area contributed by atoms with E-state index in [1.807, 2.05) is 13.8 Å². The van der Waals surface area contributed by atoms with Crippen LogP contribution >= 0.6 is 0 Å². The van der Waals surface area contributed by atoms with Gasteiger partial charge < -0.3 is 9.84 Å². The fourth-order valence-electron chi connectivity index (χ4n) is 2.96. The van der Waals surface area contributed by atoms with Gasteiger partial charge in [-0.05, 0) is 33.2 Å². The van der Waals surface area contributed by atoms with Gasteiger partial charge >= 0.3 is 5.97 Å². The van der Waals surface area contributed by atoms with Crippen molar-refractivity contribution in [3.8, 4) is 0 Å². The first kappa shape index (κ1) is 12.6. The third-order valence-electron chi connectivity index (χ3n) is 3.68. The van der Waals surface area contributed by atoms with Gasteiger partial charge in [-0.1, -0.05) is 5.57 Å². The van der Waals surface area contributed by atoms with Crippen LogP contribution in [0.15, 0.2) is 11.6 Å². The third kappa shape index (κ3) is 2.69. The lowest BCUT2D eigenvalue weighted by Crippen LogP contribution is -2.37. The highest BCUT2D eigenvalue weighted by Crippen LogP contribution is 2.34. The van der Waals surface area contributed by atoms with Gasteiger partial charge in [-0.3, -0.25) is 4.90 Å². The zero-order valence-corrected chi connectivity index (χ0v) is 10.6. The molecule has 3 unspecified atom stereocenters. The van der Waals surface area contributed by atoms with E-state index < -0.39 is 0 Å². The normalized spacial score (nSPS) is 32.3. The molecule has 0 aromatic carbocycles. The van der Waals surface area contributed by atoms with Crippen LogP contribution in [0.3, 0.4) is 0 Å². The largest absolute Gasteiger partial charge is 0.457 e. The summed E-state index contributed by atoms with van der Waals surface area (Å²) in [6, 6.07) is 0.231. The molecule has 0 radical (unpaired) electrons. The molecule has 0 bridgehead atoms. The molecular formula is C13H21NO3. The summed E-state index contributed by atoms with van der Waals surface area (Å²) in [5.41, 5.74) is 0.954. The Morgan fingerprint density at radius 2 is 2.12 bits per heavy atom. The van der Waals surface area contributed by atoms with E-state index in [9.17, 15) is 9.90 Å². The number of hydrogen-bond donors (Lipinski definition) is 1. The van der Waals surface area contributed by atoms with Gasteiger partial charge in [0.15, 0.2) is 0 Å². The minimum absolute atomic E-state index is 0.0438. The van der Waals surface area contributed by atoms with Crippen LogP contribution in [-0.2, 0) is 9.53 Å². The number of aliphatic hydroxyl groups is 1. The van der Waals surface area contributed by atoms with Crippen LogP contribution in [0.1, 0.15) is 26.7 Å². The maximum atomic E-state index is 11.6. The topological polar surface area (TPSA) is 49.8 Å². The number of rotatable bonds is 3. The summed E-state index contributed by atoms with van der Waals surface area (Å²) >= 11 is 0. The Morgan fingerprint density at radius 3 is 2.76 bits per heavy atom. The molecule has 0 amide bonds. The summed E-state index contributed by atoms with van der Waals surface area (Å²) in [5, 5.41) is 9.33. The van der Waals surface area contributed by atoms with Crippen LogP contribution in [0.25, 0.3) is 0 Å². The van der Waals surface area contributed by atoms with E-state index in [0.717, 1.165) is 31.5 Å². The van der Waals surface area contributed by atoms with Gasteiger partial charge in [0.25, 0.3) is 0 Å². The SMILES string of the molecule is CC(C)=CC(=O)OC1CCN2CCC(CO)C12. The molecule has 4 nitrogen and oxygen atoms in total. The van der Waals surface area contributed by atoms with E-state index in [4.69, 9.17) is 4.74 Å². The Kier molecular flexibility index (Phi) is 3.84. The zero-order valence-electron chi connectivity index (χ0n) is 10.6. The van der Waals surface area contributed by atoms with Crippen molar-refractivity contribution >= 4 is 5.97 Å². The molecule has 2 aliphatic rings. The zero-order chi connectivity index (χ0) is 12.4. The van der Waals surface area contributed by atoms with E-state index in [0.29, 0.717) is 0 Å². The fraction of sp³-hybridized carbons (Fsp3) is 0.769. The van der Waals surface area contributed by atoms with E-state index in [2.05, 4.69) is 4.90 Å². The number of allylic oxidation sites excluding steroid dienone is 1. The van der Waals surface area contributed by atoms with Crippen molar-refractivity contribution in [1.82, 2.24) is 4.90 Å². The summed E-state index contributed by atoms with van der Waals surface area (Å²) in [6.45, 7) is 5.96. The van der Waals surface area contributed by atoms with Gasteiger partial charge in [-0.15, -0.1) is 0 Å². The Morgan fingerprint density at radius 1 is 1.41 bits per heavy atom. The fourth-order valence-corrected chi connectivity index (χ4v) is 2.96. The number of hydrogen-bond acceptors (Lipinski definition) is 4. The molecule has 0 aromatic rings. The van der Waals surface area contributed by atoms with Crippen LogP contribution in [0.5, 0.6) is 0 Å². The first-order valence-electron chi connectivity index (χ1n) is 6.32. The smallest absolute Gasteiger partial charge is 0.331 e. The highest BCUT2D eigenvalue weighted by molar-refractivity contribution is 5.82. The maximum Gasteiger partial charge on any atom is 0.331 e. The standard InChI is InChI=1S/C13H21NO3/c1-9(2)7-12(16)17-11-4-6-14-5-3-10(8-15)13(11)14/h7,10-11,13,15H,3-6,8H2,1-2H3. The van der Waals surface area contributed by atoms with Crippen LogP contribution < -0.4 is 0 Å². The lowest BCUT2D eigenvalue weighted by atomic mass is 9.97. The van der Waals surface area contributed by atoms with Gasteiger partial charge in [0.1, 0.15) is 6.10 Å². The number of ether oxygens (including phenoxy) is 1. The number of fused-ring (bicyclic) bond motifs is 1. The van der Waals surface area contributed by atoms with Gasteiger partial charge in [0.05, 0.1) is 6.04 Å². The molecule has 2 rings (SSSR count). The van der Waals surface area contributed by atoms with Gasteiger partial charge in [-0.2, -0.15) is 0 Å². The Hall–Kier alpha value is -0.870. The molecule has 17 heavy (non-hydrogen) atoms. The van der Waals surface area contributed by atoms with Crippen LogP contribution in [0.4, 0.5) is 0 Å². The second-order valence-electron chi connectivity index (χ2n) is 5.24. The van der Waals surface area contributed by atoms with Crippen molar-refractivity contribution in [2.45, 2.75) is 38.8 Å². The van der Waals surface area contributed by atoms with Crippen molar-refractivity contribution in [2.24, 2.45) is 5.92 Å². The summed E-state index contributed by atoms with van der Waals surface area (Å²) in [6.07, 6.45) is 3.39. The summed E-state index contributed by atoms with van der Waals surface area (Å²) in [5.74, 6) is 0.0162. The van der Waals surface area contributed by atoms with E-state index >= 15 is 0 Å². The first-order chi connectivity index (χ1) is 8.11. The van der Waals surface area contributed by atoms with Gasteiger partial charge in [0, 0.05) is 25.1 Å². The first-order valence-corrected chi connectivity index (χ1v) is 6.32. The molecule has 2 saturated heterocycles. The Labute approximate surface area is 102 Å². The summed E-state index contributed by atoms with van der Waals surface area (Å²) in [4.78, 5) is 13.9. The van der Waals surface area contributed by atoms with E-state index in [-0.39, 0.29) is 30.6 Å². The average Bonchev–Trinajstić information content (AvgIpc) is 2.79. The molecule has 3 atom stereocenters. The van der Waals surface area contributed by atoms with E-state index in [1.54, 1.807) is 0 Å². The minimum Gasteiger partial charge on any atom is -0.457 e. The predicted molar refractivity (Wildman–Crippen MR) is 64.5 cm³/mol. The molecule has 0 spiro atoms. The second-order valence-corrected chi connectivity index (χ2v) is 5.24. The number of carbonyl (C=O) groups is 1. The molecule has 96 valence electrons. The predicted octanol–water partition coefficient (Wildman–Crippen LogP) is 0.951. The van der Waals surface area contributed by atoms with E-state index in [1.165, 1.54) is 6.08 Å². The maximum absolute atomic E-state index is 11.6. The van der Waals surface area contributed by atoms with Crippen molar-refractivity contribution < 1.29 is 14.6 Å². The number of nitrogens with zero attached hydrogens (tertiary/aromatic N) is 1. The molecule has 0 aliphatic carbocycles. The van der Waals surface area contributed by atoms with Crippen molar-refractivity contribution in [1.29, 1.82) is 0 Å². The second kappa shape index (κ2) is 5.19. The summed E-state index contributed by atoms with van der Waals surface area (Å²) in [7, 11) is 0. The number of aliphatic hydroxyl groups excluding tert-OH is 1. The lowest BCUT2D eigenvalue weighted by molar-refractivity contribution is -0.144. The molecule has 2 aliphatic heterocycles. The van der Waals surface area contributed by atoms with Crippen LogP contribution in [0.2, 0.25) is 0 Å². The Bertz CT molecular complexity index is 323. The molecule has 2 fully saturated rings. The number of esters is 1. The highest BCUT2D eigenvalue weighted by atomic mass is 16.5.